The Balaban J connectivity index is 4.25. The summed E-state index contributed by atoms with van der Waals surface area (Å²) in [6.07, 6.45) is 37.2. The van der Waals surface area contributed by atoms with Gasteiger partial charge in [0.05, 0.1) is 27.7 Å². The van der Waals surface area contributed by atoms with Crippen LogP contribution in [0.25, 0.3) is 0 Å². The van der Waals surface area contributed by atoms with Crippen LogP contribution >= 0.6 is 7.82 Å². The number of hydrogen-bond acceptors (Lipinski definition) is 7. The van der Waals surface area contributed by atoms with Crippen LogP contribution in [0.1, 0.15) is 219 Å². The lowest BCUT2D eigenvalue weighted by atomic mass is 10.0. The molecule has 2 unspecified atom stereocenters. The van der Waals surface area contributed by atoms with Crippen LogP contribution in [-0.2, 0) is 32.7 Å². The molecule has 54 heavy (non-hydrogen) atoms. The number of hydrogen-bond donors (Lipinski definition) is 1. The molecular formula is C44H89NO8P+. The van der Waals surface area contributed by atoms with E-state index in [-0.39, 0.29) is 25.6 Å². The van der Waals surface area contributed by atoms with Crippen LogP contribution in [0, 0.1) is 0 Å². The number of phosphoric ester groups is 1. The third-order valence-corrected chi connectivity index (χ3v) is 11.1. The van der Waals surface area contributed by atoms with Gasteiger partial charge in [-0.05, 0) is 12.8 Å². The number of ether oxygens (including phenoxy) is 2. The number of carbonyl (C=O) groups excluding carboxylic acids is 2. The highest BCUT2D eigenvalue weighted by molar-refractivity contribution is 7.47. The standard InChI is InChI=1S/C44H88NO8P/c1-6-8-10-12-14-16-18-19-20-21-22-23-24-25-27-29-31-33-35-37-44(47)53-42(41-52-54(48,49)51-39-38-45(3,4)5)40-50-43(46)36-34-32-30-28-26-17-15-13-11-9-7-2/h42H,6-41H2,1-5H3/p+1. The molecule has 0 aromatic heterocycles. The monoisotopic (exact) mass is 791 g/mol. The first-order valence-electron chi connectivity index (χ1n) is 22.8. The Kier molecular flexibility index (Phi) is 36.9. The molecule has 0 rings (SSSR count). The van der Waals surface area contributed by atoms with Gasteiger partial charge in [0.25, 0.3) is 0 Å². The Morgan fingerprint density at radius 3 is 1.19 bits per heavy atom. The zero-order valence-electron chi connectivity index (χ0n) is 36.2. The largest absolute Gasteiger partial charge is 0.472 e. The van der Waals surface area contributed by atoms with E-state index in [1.54, 1.807) is 0 Å². The molecule has 0 radical (unpaired) electrons. The van der Waals surface area contributed by atoms with Gasteiger partial charge >= 0.3 is 19.8 Å². The molecule has 9 nitrogen and oxygen atoms in total. The van der Waals surface area contributed by atoms with Gasteiger partial charge in [-0.25, -0.2) is 4.57 Å². The second-order valence-corrected chi connectivity index (χ2v) is 18.3. The molecule has 0 spiro atoms. The summed E-state index contributed by atoms with van der Waals surface area (Å²) in [5, 5.41) is 0. The van der Waals surface area contributed by atoms with Gasteiger partial charge in [-0.3, -0.25) is 18.6 Å². The van der Waals surface area contributed by atoms with Crippen molar-refractivity contribution in [2.75, 3.05) is 47.5 Å². The van der Waals surface area contributed by atoms with Crippen molar-refractivity contribution in [3.63, 3.8) is 0 Å². The molecule has 0 aliphatic heterocycles. The number of rotatable bonds is 42. The maximum atomic E-state index is 12.7. The minimum absolute atomic E-state index is 0.0368. The van der Waals surface area contributed by atoms with Gasteiger partial charge in [-0.1, -0.05) is 194 Å². The molecule has 0 aromatic rings. The summed E-state index contributed by atoms with van der Waals surface area (Å²) < 4.78 is 34.3. The normalized spacial score (nSPS) is 13.5. The lowest BCUT2D eigenvalue weighted by Gasteiger charge is -2.24. The molecule has 10 heteroatoms. The number of likely N-dealkylation sites (N-methyl/N-ethyl adjacent to an activating group) is 1. The number of carbonyl (C=O) groups is 2. The van der Waals surface area contributed by atoms with E-state index in [9.17, 15) is 19.0 Å². The second-order valence-electron chi connectivity index (χ2n) is 16.8. The quantitative estimate of drug-likeness (QED) is 0.0282. The topological polar surface area (TPSA) is 108 Å². The summed E-state index contributed by atoms with van der Waals surface area (Å²) >= 11 is 0. The number of nitrogens with zero attached hydrogens (tertiary/aromatic N) is 1. The number of phosphoric acid groups is 1. The molecule has 2 atom stereocenters. The highest BCUT2D eigenvalue weighted by Gasteiger charge is 2.27. The fourth-order valence-corrected chi connectivity index (χ4v) is 7.29. The summed E-state index contributed by atoms with van der Waals surface area (Å²) in [4.78, 5) is 35.3. The number of unbranched alkanes of at least 4 members (excludes halogenated alkanes) is 28. The van der Waals surface area contributed by atoms with Gasteiger partial charge in [0, 0.05) is 12.8 Å². The number of quaternary nitrogens is 1. The summed E-state index contributed by atoms with van der Waals surface area (Å²) in [6.45, 7) is 4.45. The van der Waals surface area contributed by atoms with Crippen LogP contribution in [0.15, 0.2) is 0 Å². The van der Waals surface area contributed by atoms with E-state index < -0.39 is 26.5 Å². The summed E-state index contributed by atoms with van der Waals surface area (Å²) in [7, 11) is 1.49. The third kappa shape index (κ3) is 40.7. The predicted octanol–water partition coefficient (Wildman–Crippen LogP) is 12.8. The maximum absolute atomic E-state index is 12.7. The SMILES string of the molecule is CCCCCCCCCCCCCCCCCCCCCC(=O)OC(COC(=O)CCCCCCCCCCCCC)COP(=O)(O)OCC[N+](C)(C)C. The fourth-order valence-electron chi connectivity index (χ4n) is 6.54. The van der Waals surface area contributed by atoms with E-state index in [4.69, 9.17) is 18.5 Å². The summed E-state index contributed by atoms with van der Waals surface area (Å²) in [6, 6.07) is 0. The molecule has 0 heterocycles. The Labute approximate surface area is 334 Å². The van der Waals surface area contributed by atoms with E-state index in [1.165, 1.54) is 154 Å². The molecular weight excluding hydrogens is 701 g/mol. The van der Waals surface area contributed by atoms with Crippen molar-refractivity contribution in [1.82, 2.24) is 0 Å². The van der Waals surface area contributed by atoms with Crippen molar-refractivity contribution in [2.45, 2.75) is 225 Å². The molecule has 0 saturated heterocycles. The Morgan fingerprint density at radius 2 is 0.833 bits per heavy atom. The van der Waals surface area contributed by atoms with Crippen molar-refractivity contribution in [3.8, 4) is 0 Å². The first-order chi connectivity index (χ1) is 26.0. The van der Waals surface area contributed by atoms with Gasteiger partial charge in [0.2, 0.25) is 0 Å². The minimum atomic E-state index is -4.36. The first kappa shape index (κ1) is 53.0. The molecule has 0 aliphatic rings. The molecule has 0 aromatic carbocycles. The van der Waals surface area contributed by atoms with Gasteiger partial charge in [-0.2, -0.15) is 0 Å². The summed E-state index contributed by atoms with van der Waals surface area (Å²) in [5.41, 5.74) is 0. The third-order valence-electron chi connectivity index (χ3n) is 10.1. The Morgan fingerprint density at radius 1 is 0.500 bits per heavy atom. The van der Waals surface area contributed by atoms with Crippen LogP contribution in [0.4, 0.5) is 0 Å². The first-order valence-corrected chi connectivity index (χ1v) is 24.3. The lowest BCUT2D eigenvalue weighted by molar-refractivity contribution is -0.870. The van der Waals surface area contributed by atoms with E-state index in [0.29, 0.717) is 17.4 Å². The predicted molar refractivity (Wildman–Crippen MR) is 225 cm³/mol. The van der Waals surface area contributed by atoms with E-state index in [1.807, 2.05) is 21.1 Å². The zero-order chi connectivity index (χ0) is 40.0. The van der Waals surface area contributed by atoms with Crippen molar-refractivity contribution < 1.29 is 42.1 Å². The van der Waals surface area contributed by atoms with Crippen LogP contribution in [-0.4, -0.2) is 74.9 Å². The van der Waals surface area contributed by atoms with Crippen molar-refractivity contribution in [1.29, 1.82) is 0 Å². The van der Waals surface area contributed by atoms with Crippen molar-refractivity contribution in [2.24, 2.45) is 0 Å². The second kappa shape index (κ2) is 37.6. The van der Waals surface area contributed by atoms with Crippen LogP contribution in [0.3, 0.4) is 0 Å². The van der Waals surface area contributed by atoms with Gasteiger partial charge in [0.1, 0.15) is 19.8 Å². The number of esters is 2. The van der Waals surface area contributed by atoms with E-state index in [2.05, 4.69) is 13.8 Å². The van der Waals surface area contributed by atoms with Gasteiger partial charge in [0.15, 0.2) is 6.10 Å². The average Bonchev–Trinajstić information content (AvgIpc) is 3.12. The van der Waals surface area contributed by atoms with Gasteiger partial charge < -0.3 is 18.9 Å². The molecule has 0 aliphatic carbocycles. The Bertz CT molecular complexity index is 896. The molecule has 0 bridgehead atoms. The van der Waals surface area contributed by atoms with Crippen molar-refractivity contribution in [3.05, 3.63) is 0 Å². The van der Waals surface area contributed by atoms with Gasteiger partial charge in [-0.15, -0.1) is 0 Å². The Hall–Kier alpha value is -0.990. The summed E-state index contributed by atoms with van der Waals surface area (Å²) in [5.74, 6) is -0.784. The molecule has 322 valence electrons. The smallest absolute Gasteiger partial charge is 0.462 e. The fraction of sp³-hybridized carbons (Fsp3) is 0.955. The zero-order valence-corrected chi connectivity index (χ0v) is 37.1. The minimum Gasteiger partial charge on any atom is -0.462 e. The van der Waals surface area contributed by atoms with Crippen molar-refractivity contribution >= 4 is 19.8 Å². The van der Waals surface area contributed by atoms with Crippen LogP contribution in [0.5, 0.6) is 0 Å². The highest BCUT2D eigenvalue weighted by atomic mass is 31.2. The lowest BCUT2D eigenvalue weighted by Crippen LogP contribution is -2.37. The van der Waals surface area contributed by atoms with E-state index in [0.717, 1.165) is 38.5 Å². The van der Waals surface area contributed by atoms with Crippen LogP contribution in [0.2, 0.25) is 0 Å². The average molecular weight is 791 g/mol. The highest BCUT2D eigenvalue weighted by Crippen LogP contribution is 2.43. The molecule has 1 N–H and O–H groups in total. The van der Waals surface area contributed by atoms with Crippen LogP contribution < -0.4 is 0 Å². The van der Waals surface area contributed by atoms with E-state index >= 15 is 0 Å². The molecule has 0 fully saturated rings. The maximum Gasteiger partial charge on any atom is 0.472 e. The molecule has 0 amide bonds. The molecule has 0 saturated carbocycles.